The number of hydrogen-bond donors (Lipinski definition) is 1. The van der Waals surface area contributed by atoms with Gasteiger partial charge >= 0.3 is 5.97 Å². The molecule has 0 fully saturated rings. The summed E-state index contributed by atoms with van der Waals surface area (Å²) in [5.41, 5.74) is 5.48. The molecule has 1 aliphatic heterocycles. The summed E-state index contributed by atoms with van der Waals surface area (Å²) in [7, 11) is 0. The monoisotopic (exact) mass is 348 g/mol. The fourth-order valence-electron chi connectivity index (χ4n) is 3.94. The quantitative estimate of drug-likeness (QED) is 0.602. The molecule has 0 aliphatic carbocycles. The van der Waals surface area contributed by atoms with Crippen molar-refractivity contribution in [2.45, 2.75) is 52.5 Å². The Bertz CT molecular complexity index is 922. The van der Waals surface area contributed by atoms with Gasteiger partial charge in [0, 0.05) is 29.3 Å². The Balaban J connectivity index is 2.29. The van der Waals surface area contributed by atoms with Gasteiger partial charge in [-0.05, 0) is 62.4 Å². The van der Waals surface area contributed by atoms with Gasteiger partial charge < -0.3 is 10.1 Å². The van der Waals surface area contributed by atoms with Crippen LogP contribution in [0, 0.1) is 18.3 Å². The van der Waals surface area contributed by atoms with Crippen molar-refractivity contribution in [1.82, 2.24) is 0 Å². The number of nitriles is 1. The normalized spacial score (nSPS) is 17.6. The van der Waals surface area contributed by atoms with Crippen LogP contribution < -0.4 is 10.1 Å². The lowest BCUT2D eigenvalue weighted by molar-refractivity contribution is -0.131. The van der Waals surface area contributed by atoms with E-state index >= 15 is 0 Å². The smallest absolute Gasteiger partial charge is 0.308 e. The first-order chi connectivity index (χ1) is 12.2. The Morgan fingerprint density at radius 3 is 2.73 bits per heavy atom. The Morgan fingerprint density at radius 1 is 1.35 bits per heavy atom. The van der Waals surface area contributed by atoms with E-state index in [9.17, 15) is 10.1 Å². The Hall–Kier alpha value is -2.80. The van der Waals surface area contributed by atoms with E-state index in [1.165, 1.54) is 6.92 Å². The molecule has 2 aromatic carbocycles. The molecule has 1 heterocycles. The standard InChI is InChI=1S/C22H24N2O2/c1-13-9-18(17-8-6-7-16(10-17)12-23)21(26-15(3)25)19-14(2)11-22(4,5)24-20(13)19/h6-10,14,24H,11H2,1-5H3. The van der Waals surface area contributed by atoms with Crippen molar-refractivity contribution in [1.29, 1.82) is 5.26 Å². The van der Waals surface area contributed by atoms with Crippen LogP contribution in [0.5, 0.6) is 5.75 Å². The SMILES string of the molecule is CC(=O)Oc1c(-c2cccc(C#N)c2)cc(C)c2c1C(C)CC(C)(C)N2. The van der Waals surface area contributed by atoms with E-state index in [4.69, 9.17) is 4.74 Å². The van der Waals surface area contributed by atoms with Crippen LogP contribution in [0.2, 0.25) is 0 Å². The number of esters is 1. The van der Waals surface area contributed by atoms with E-state index in [2.05, 4.69) is 39.1 Å². The topological polar surface area (TPSA) is 62.1 Å². The molecule has 0 aromatic heterocycles. The zero-order valence-corrected chi connectivity index (χ0v) is 15.9. The Labute approximate surface area is 154 Å². The van der Waals surface area contributed by atoms with Crippen LogP contribution in [0.25, 0.3) is 11.1 Å². The zero-order valence-electron chi connectivity index (χ0n) is 15.9. The average molecular weight is 348 g/mol. The minimum absolute atomic E-state index is 0.0209. The number of benzene rings is 2. The number of aryl methyl sites for hydroxylation is 1. The molecule has 0 saturated heterocycles. The van der Waals surface area contributed by atoms with Crippen molar-refractivity contribution >= 4 is 11.7 Å². The molecule has 2 aromatic rings. The summed E-state index contributed by atoms with van der Waals surface area (Å²) in [4.78, 5) is 11.8. The summed E-state index contributed by atoms with van der Waals surface area (Å²) in [6.45, 7) is 10.0. The highest BCUT2D eigenvalue weighted by atomic mass is 16.5. The molecule has 0 amide bonds. The molecule has 1 atom stereocenters. The van der Waals surface area contributed by atoms with Crippen molar-refractivity contribution in [3.63, 3.8) is 0 Å². The number of nitrogens with zero attached hydrogens (tertiary/aromatic N) is 1. The van der Waals surface area contributed by atoms with Gasteiger partial charge in [0.2, 0.25) is 0 Å². The number of anilines is 1. The maximum atomic E-state index is 11.8. The molecule has 0 radical (unpaired) electrons. The minimum Gasteiger partial charge on any atom is -0.426 e. The molecule has 3 rings (SSSR count). The molecule has 0 spiro atoms. The first kappa shape index (κ1) is 18.0. The summed E-state index contributed by atoms with van der Waals surface area (Å²) >= 11 is 0. The van der Waals surface area contributed by atoms with E-state index in [1.807, 2.05) is 24.3 Å². The number of fused-ring (bicyclic) bond motifs is 1. The highest BCUT2D eigenvalue weighted by molar-refractivity contribution is 5.84. The summed E-state index contributed by atoms with van der Waals surface area (Å²) in [5.74, 6) is 0.503. The van der Waals surface area contributed by atoms with Gasteiger partial charge in [-0.25, -0.2) is 0 Å². The molecular weight excluding hydrogens is 324 g/mol. The Kier molecular flexibility index (Phi) is 4.50. The highest BCUT2D eigenvalue weighted by Gasteiger charge is 2.34. The lowest BCUT2D eigenvalue weighted by Gasteiger charge is -2.39. The second-order valence-electron chi connectivity index (χ2n) is 7.76. The lowest BCUT2D eigenvalue weighted by atomic mass is 9.79. The van der Waals surface area contributed by atoms with Gasteiger partial charge in [0.25, 0.3) is 0 Å². The molecule has 0 bridgehead atoms. The molecule has 1 N–H and O–H groups in total. The maximum absolute atomic E-state index is 11.8. The van der Waals surface area contributed by atoms with Crippen LogP contribution in [-0.4, -0.2) is 11.5 Å². The van der Waals surface area contributed by atoms with Crippen molar-refractivity contribution in [2.75, 3.05) is 5.32 Å². The third kappa shape index (κ3) is 3.30. The zero-order chi connectivity index (χ0) is 19.1. The summed E-state index contributed by atoms with van der Waals surface area (Å²) in [6.07, 6.45) is 0.940. The van der Waals surface area contributed by atoms with Crippen molar-refractivity contribution in [2.24, 2.45) is 0 Å². The molecular formula is C22H24N2O2. The van der Waals surface area contributed by atoms with Crippen LogP contribution in [0.15, 0.2) is 30.3 Å². The van der Waals surface area contributed by atoms with E-state index in [0.717, 1.165) is 34.4 Å². The third-order valence-electron chi connectivity index (χ3n) is 4.83. The summed E-state index contributed by atoms with van der Waals surface area (Å²) in [6, 6.07) is 11.6. The van der Waals surface area contributed by atoms with Crippen molar-refractivity contribution in [3.05, 3.63) is 47.0 Å². The molecule has 4 heteroatoms. The minimum atomic E-state index is -0.342. The van der Waals surface area contributed by atoms with Crippen LogP contribution in [0.3, 0.4) is 0 Å². The maximum Gasteiger partial charge on any atom is 0.308 e. The fraction of sp³-hybridized carbons (Fsp3) is 0.364. The molecule has 4 nitrogen and oxygen atoms in total. The molecule has 26 heavy (non-hydrogen) atoms. The van der Waals surface area contributed by atoms with Crippen LogP contribution in [0.1, 0.15) is 56.7 Å². The van der Waals surface area contributed by atoms with E-state index < -0.39 is 0 Å². The number of hydrogen-bond acceptors (Lipinski definition) is 4. The average Bonchev–Trinajstić information content (AvgIpc) is 2.55. The number of carbonyl (C=O) groups excluding carboxylic acids is 1. The molecule has 1 aliphatic rings. The van der Waals surface area contributed by atoms with Crippen LogP contribution in [0.4, 0.5) is 5.69 Å². The first-order valence-electron chi connectivity index (χ1n) is 8.86. The number of ether oxygens (including phenoxy) is 1. The molecule has 134 valence electrons. The lowest BCUT2D eigenvalue weighted by Crippen LogP contribution is -2.37. The van der Waals surface area contributed by atoms with E-state index in [1.54, 1.807) is 6.07 Å². The predicted octanol–water partition coefficient (Wildman–Crippen LogP) is 5.16. The second-order valence-corrected chi connectivity index (χ2v) is 7.76. The van der Waals surface area contributed by atoms with Gasteiger partial charge in [0.05, 0.1) is 11.6 Å². The van der Waals surface area contributed by atoms with Gasteiger partial charge in [-0.15, -0.1) is 0 Å². The highest BCUT2D eigenvalue weighted by Crippen LogP contribution is 2.49. The van der Waals surface area contributed by atoms with Gasteiger partial charge in [0.1, 0.15) is 5.75 Å². The van der Waals surface area contributed by atoms with Gasteiger partial charge in [-0.3, -0.25) is 4.79 Å². The van der Waals surface area contributed by atoms with Gasteiger partial charge in [-0.2, -0.15) is 5.26 Å². The first-order valence-corrected chi connectivity index (χ1v) is 8.86. The number of carbonyl (C=O) groups is 1. The molecule has 0 saturated carbocycles. The van der Waals surface area contributed by atoms with Crippen molar-refractivity contribution < 1.29 is 9.53 Å². The van der Waals surface area contributed by atoms with Crippen LogP contribution >= 0.6 is 0 Å². The molecule has 1 unspecified atom stereocenters. The second kappa shape index (κ2) is 6.49. The van der Waals surface area contributed by atoms with Gasteiger partial charge in [-0.1, -0.05) is 19.1 Å². The van der Waals surface area contributed by atoms with E-state index in [0.29, 0.717) is 11.3 Å². The Morgan fingerprint density at radius 2 is 2.08 bits per heavy atom. The predicted molar refractivity (Wildman–Crippen MR) is 103 cm³/mol. The summed E-state index contributed by atoms with van der Waals surface area (Å²) < 4.78 is 5.70. The van der Waals surface area contributed by atoms with Gasteiger partial charge in [0.15, 0.2) is 0 Å². The van der Waals surface area contributed by atoms with Crippen molar-refractivity contribution in [3.8, 4) is 22.9 Å². The number of nitrogens with one attached hydrogen (secondary N) is 1. The van der Waals surface area contributed by atoms with Crippen LogP contribution in [-0.2, 0) is 4.79 Å². The van der Waals surface area contributed by atoms with E-state index in [-0.39, 0.29) is 17.4 Å². The fourth-order valence-corrected chi connectivity index (χ4v) is 3.94. The largest absolute Gasteiger partial charge is 0.426 e. The number of rotatable bonds is 2. The summed E-state index contributed by atoms with van der Waals surface area (Å²) in [5, 5.41) is 12.8. The third-order valence-corrected chi connectivity index (χ3v) is 4.83.